The van der Waals surface area contributed by atoms with Crippen LogP contribution in [0.4, 0.5) is 5.82 Å². The van der Waals surface area contributed by atoms with Crippen LogP contribution in [-0.4, -0.2) is 41.2 Å². The van der Waals surface area contributed by atoms with E-state index in [9.17, 15) is 9.90 Å². The molecule has 1 unspecified atom stereocenters. The molecule has 1 aromatic heterocycles. The van der Waals surface area contributed by atoms with Gasteiger partial charge in [0.1, 0.15) is 5.82 Å². The Morgan fingerprint density at radius 3 is 2.83 bits per heavy atom. The summed E-state index contributed by atoms with van der Waals surface area (Å²) in [5.41, 5.74) is 1.72. The molecule has 126 valence electrons. The highest BCUT2D eigenvalue weighted by molar-refractivity contribution is 5.71. The van der Waals surface area contributed by atoms with Crippen molar-refractivity contribution in [1.29, 1.82) is 0 Å². The van der Waals surface area contributed by atoms with Crippen LogP contribution in [0.3, 0.4) is 0 Å². The molecule has 0 aliphatic carbocycles. The van der Waals surface area contributed by atoms with Crippen LogP contribution in [0.5, 0.6) is 0 Å². The highest BCUT2D eigenvalue weighted by Gasteiger charge is 2.26. The van der Waals surface area contributed by atoms with Crippen LogP contribution in [0, 0.1) is 5.92 Å². The van der Waals surface area contributed by atoms with Crippen molar-refractivity contribution < 1.29 is 14.6 Å². The van der Waals surface area contributed by atoms with Crippen molar-refractivity contribution in [2.24, 2.45) is 5.92 Å². The zero-order chi connectivity index (χ0) is 16.9. The van der Waals surface area contributed by atoms with E-state index in [2.05, 4.69) is 9.97 Å². The van der Waals surface area contributed by atoms with E-state index in [4.69, 9.17) is 4.74 Å². The van der Waals surface area contributed by atoms with Crippen LogP contribution in [0.2, 0.25) is 0 Å². The van der Waals surface area contributed by atoms with Crippen LogP contribution < -0.4 is 4.90 Å². The normalized spacial score (nSPS) is 17.7. The number of nitrogens with zero attached hydrogens (tertiary/aromatic N) is 3. The number of benzene rings is 1. The summed E-state index contributed by atoms with van der Waals surface area (Å²) in [5, 5.41) is 9.29. The summed E-state index contributed by atoms with van der Waals surface area (Å²) in [6, 6.07) is 11.7. The van der Waals surface area contributed by atoms with E-state index in [-0.39, 0.29) is 5.92 Å². The number of rotatable bonds is 5. The number of ether oxygens (including phenoxy) is 1. The van der Waals surface area contributed by atoms with E-state index < -0.39 is 5.97 Å². The van der Waals surface area contributed by atoms with Gasteiger partial charge in [0.05, 0.1) is 18.2 Å². The van der Waals surface area contributed by atoms with Crippen molar-refractivity contribution in [2.45, 2.75) is 19.4 Å². The maximum Gasteiger partial charge on any atom is 0.308 e. The van der Waals surface area contributed by atoms with Crippen LogP contribution in [0.15, 0.2) is 36.4 Å². The van der Waals surface area contributed by atoms with Gasteiger partial charge in [0.25, 0.3) is 0 Å². The van der Waals surface area contributed by atoms with Gasteiger partial charge in [-0.25, -0.2) is 9.97 Å². The first-order valence-corrected chi connectivity index (χ1v) is 8.07. The fourth-order valence-electron chi connectivity index (χ4n) is 2.97. The predicted molar refractivity (Wildman–Crippen MR) is 90.8 cm³/mol. The Kier molecular flexibility index (Phi) is 5.05. The second-order valence-electron chi connectivity index (χ2n) is 5.96. The van der Waals surface area contributed by atoms with Crippen molar-refractivity contribution in [3.63, 3.8) is 0 Å². The van der Waals surface area contributed by atoms with Crippen molar-refractivity contribution >= 4 is 11.8 Å². The van der Waals surface area contributed by atoms with E-state index >= 15 is 0 Å². The number of methoxy groups -OCH3 is 1. The molecule has 1 aliphatic heterocycles. The topological polar surface area (TPSA) is 75.5 Å². The lowest BCUT2D eigenvalue weighted by Crippen LogP contribution is -2.39. The maximum absolute atomic E-state index is 11.3. The van der Waals surface area contributed by atoms with Gasteiger partial charge in [-0.1, -0.05) is 30.3 Å². The molecule has 2 heterocycles. The molecule has 1 atom stereocenters. The molecule has 0 radical (unpaired) electrons. The van der Waals surface area contributed by atoms with Crippen LogP contribution in [0.25, 0.3) is 11.4 Å². The minimum atomic E-state index is -0.742. The van der Waals surface area contributed by atoms with E-state index in [1.54, 1.807) is 7.11 Å². The van der Waals surface area contributed by atoms with Gasteiger partial charge in [-0.2, -0.15) is 0 Å². The molecule has 1 fully saturated rings. The quantitative estimate of drug-likeness (QED) is 0.910. The third-order valence-corrected chi connectivity index (χ3v) is 4.18. The van der Waals surface area contributed by atoms with Gasteiger partial charge >= 0.3 is 5.97 Å². The van der Waals surface area contributed by atoms with Gasteiger partial charge in [-0.3, -0.25) is 4.79 Å². The number of piperidine rings is 1. The first kappa shape index (κ1) is 16.4. The maximum atomic E-state index is 11.3. The van der Waals surface area contributed by atoms with Crippen LogP contribution in [0.1, 0.15) is 18.5 Å². The number of carboxylic acid groups (broad SMARTS) is 1. The summed E-state index contributed by atoms with van der Waals surface area (Å²) in [6.07, 6.45) is 1.56. The average molecular weight is 327 g/mol. The number of hydrogen-bond acceptors (Lipinski definition) is 5. The number of anilines is 1. The zero-order valence-corrected chi connectivity index (χ0v) is 13.7. The Bertz CT molecular complexity index is 706. The summed E-state index contributed by atoms with van der Waals surface area (Å²) < 4.78 is 5.22. The number of aliphatic carboxylic acids is 1. The molecule has 0 spiro atoms. The molecule has 1 aromatic carbocycles. The third kappa shape index (κ3) is 3.71. The molecule has 6 heteroatoms. The molecule has 0 amide bonds. The molecule has 1 N–H and O–H groups in total. The highest BCUT2D eigenvalue weighted by atomic mass is 16.5. The summed E-state index contributed by atoms with van der Waals surface area (Å²) in [4.78, 5) is 22.6. The Balaban J connectivity index is 1.94. The molecular weight excluding hydrogens is 306 g/mol. The lowest BCUT2D eigenvalue weighted by molar-refractivity contribution is -0.141. The summed E-state index contributed by atoms with van der Waals surface area (Å²) in [6.45, 7) is 1.68. The van der Waals surface area contributed by atoms with Crippen molar-refractivity contribution in [3.05, 3.63) is 42.1 Å². The Morgan fingerprint density at radius 1 is 1.33 bits per heavy atom. The van der Waals surface area contributed by atoms with E-state index in [0.29, 0.717) is 25.4 Å². The molecule has 1 aliphatic rings. The predicted octanol–water partition coefficient (Wildman–Crippen LogP) is 2.59. The number of hydrogen-bond donors (Lipinski definition) is 1. The zero-order valence-electron chi connectivity index (χ0n) is 13.7. The van der Waals surface area contributed by atoms with E-state index in [0.717, 1.165) is 30.0 Å². The fourth-order valence-corrected chi connectivity index (χ4v) is 2.97. The smallest absolute Gasteiger partial charge is 0.308 e. The molecule has 0 bridgehead atoms. The minimum absolute atomic E-state index is 0.347. The molecule has 0 saturated carbocycles. The summed E-state index contributed by atoms with van der Waals surface area (Å²) in [7, 11) is 1.63. The Hall–Kier alpha value is -2.47. The lowest BCUT2D eigenvalue weighted by atomic mass is 9.98. The van der Waals surface area contributed by atoms with Gasteiger partial charge < -0.3 is 14.7 Å². The standard InChI is InChI=1S/C18H21N3O3/c1-24-12-15-10-16(21-9-5-8-14(11-21)18(22)23)20-17(19-15)13-6-3-2-4-7-13/h2-4,6-7,10,14H,5,8-9,11-12H2,1H3,(H,22,23). The van der Waals surface area contributed by atoms with Gasteiger partial charge in [0, 0.05) is 31.8 Å². The van der Waals surface area contributed by atoms with Crippen molar-refractivity contribution in [2.75, 3.05) is 25.1 Å². The molecule has 2 aromatic rings. The second kappa shape index (κ2) is 7.40. The molecule has 1 saturated heterocycles. The number of carbonyl (C=O) groups is 1. The lowest BCUT2D eigenvalue weighted by Gasteiger charge is -2.32. The third-order valence-electron chi connectivity index (χ3n) is 4.18. The molecular formula is C18H21N3O3. The second-order valence-corrected chi connectivity index (χ2v) is 5.96. The molecule has 24 heavy (non-hydrogen) atoms. The van der Waals surface area contributed by atoms with Gasteiger partial charge in [0.15, 0.2) is 5.82 Å². The van der Waals surface area contributed by atoms with E-state index in [1.165, 1.54) is 0 Å². The van der Waals surface area contributed by atoms with Gasteiger partial charge in [-0.15, -0.1) is 0 Å². The fraction of sp³-hybridized carbons (Fsp3) is 0.389. The van der Waals surface area contributed by atoms with E-state index in [1.807, 2.05) is 41.3 Å². The summed E-state index contributed by atoms with van der Waals surface area (Å²) >= 11 is 0. The van der Waals surface area contributed by atoms with Crippen LogP contribution in [-0.2, 0) is 16.1 Å². The van der Waals surface area contributed by atoms with Crippen molar-refractivity contribution in [1.82, 2.24) is 9.97 Å². The van der Waals surface area contributed by atoms with Crippen LogP contribution >= 0.6 is 0 Å². The summed E-state index contributed by atoms with van der Waals surface area (Å²) in [5.74, 6) is 0.313. The number of aromatic nitrogens is 2. The molecule has 6 nitrogen and oxygen atoms in total. The van der Waals surface area contributed by atoms with Gasteiger partial charge in [-0.05, 0) is 12.8 Å². The first-order valence-electron chi connectivity index (χ1n) is 8.07. The minimum Gasteiger partial charge on any atom is -0.481 e. The largest absolute Gasteiger partial charge is 0.481 e. The van der Waals surface area contributed by atoms with Crippen molar-refractivity contribution in [3.8, 4) is 11.4 Å². The average Bonchev–Trinajstić information content (AvgIpc) is 2.62. The Labute approximate surface area is 141 Å². The SMILES string of the molecule is COCc1cc(N2CCCC(C(=O)O)C2)nc(-c2ccccc2)n1. The first-order chi connectivity index (χ1) is 11.7. The molecule has 3 rings (SSSR count). The van der Waals surface area contributed by atoms with Gasteiger partial charge in [0.2, 0.25) is 0 Å². The monoisotopic (exact) mass is 327 g/mol. The highest BCUT2D eigenvalue weighted by Crippen LogP contribution is 2.25. The number of carboxylic acids is 1. The Morgan fingerprint density at radius 2 is 2.12 bits per heavy atom.